The van der Waals surface area contributed by atoms with E-state index in [9.17, 15) is 9.70 Å². The Balaban J connectivity index is 2.95. The zero-order valence-electron chi connectivity index (χ0n) is 4.24. The van der Waals surface area contributed by atoms with Gasteiger partial charge in [0.05, 0.1) is 0 Å². The van der Waals surface area contributed by atoms with Gasteiger partial charge in [-0.05, 0) is 0 Å². The van der Waals surface area contributed by atoms with Crippen molar-refractivity contribution < 1.29 is 19.8 Å². The SMILES string of the molecule is O=C1C(O)[C]=C(O)[N+]1=O. The minimum Gasteiger partial charge on any atom is -0.456 e. The lowest BCUT2D eigenvalue weighted by Crippen LogP contribution is -2.20. The highest BCUT2D eigenvalue weighted by Gasteiger charge is 2.43. The molecular weight excluding hydrogens is 126 g/mol. The van der Waals surface area contributed by atoms with Gasteiger partial charge in [-0.2, -0.15) is 0 Å². The fraction of sp³-hybridized carbons (Fsp3) is 0.250. The van der Waals surface area contributed by atoms with Crippen molar-refractivity contribution in [1.29, 1.82) is 0 Å². The molecule has 5 nitrogen and oxygen atoms in total. The van der Waals surface area contributed by atoms with Crippen LogP contribution in [0.3, 0.4) is 0 Å². The van der Waals surface area contributed by atoms with Crippen molar-refractivity contribution in [2.45, 2.75) is 6.10 Å². The lowest BCUT2D eigenvalue weighted by molar-refractivity contribution is -0.445. The normalized spacial score (nSPS) is 26.8. The molecule has 2 N–H and O–H groups in total. The van der Waals surface area contributed by atoms with Crippen molar-refractivity contribution in [3.63, 3.8) is 0 Å². The van der Waals surface area contributed by atoms with E-state index < -0.39 is 17.9 Å². The molecule has 1 unspecified atom stereocenters. The highest BCUT2D eigenvalue weighted by Crippen LogP contribution is 2.05. The lowest BCUT2D eigenvalue weighted by atomic mass is 10.4. The summed E-state index contributed by atoms with van der Waals surface area (Å²) in [7, 11) is 0. The molecule has 1 aliphatic heterocycles. The van der Waals surface area contributed by atoms with Crippen LogP contribution in [0.5, 0.6) is 0 Å². The largest absolute Gasteiger partial charge is 0.476 e. The summed E-state index contributed by atoms with van der Waals surface area (Å²) in [6.07, 6.45) is 0.213. The summed E-state index contributed by atoms with van der Waals surface area (Å²) < 4.78 is -0.315. The first-order valence-corrected chi connectivity index (χ1v) is 2.14. The van der Waals surface area contributed by atoms with Crippen LogP contribution in [0.4, 0.5) is 0 Å². The molecule has 9 heavy (non-hydrogen) atoms. The van der Waals surface area contributed by atoms with Gasteiger partial charge in [-0.3, -0.25) is 0 Å². The van der Waals surface area contributed by atoms with E-state index >= 15 is 0 Å². The predicted molar refractivity (Wildman–Crippen MR) is 24.0 cm³/mol. The first-order chi connectivity index (χ1) is 4.13. The van der Waals surface area contributed by atoms with Crippen LogP contribution >= 0.6 is 0 Å². The standard InChI is InChI=1S/C4H2NO4/c6-2-1-3(7)5(9)4(2)8/h2,6H/p+1. The van der Waals surface area contributed by atoms with Crippen LogP contribution in [-0.4, -0.2) is 27.0 Å². The molecule has 47 valence electrons. The third-order valence-corrected chi connectivity index (χ3v) is 0.892. The number of hydrogen-bond donors (Lipinski definition) is 2. The van der Waals surface area contributed by atoms with E-state index in [1.54, 1.807) is 0 Å². The van der Waals surface area contributed by atoms with Crippen LogP contribution < -0.4 is 0 Å². The molecule has 0 saturated carbocycles. The molecule has 0 aromatic heterocycles. The third-order valence-electron chi connectivity index (χ3n) is 0.892. The topological polar surface area (TPSA) is 77.6 Å². The van der Waals surface area contributed by atoms with Gasteiger partial charge in [-0.15, -0.1) is 0 Å². The Morgan fingerprint density at radius 2 is 2.22 bits per heavy atom. The molecule has 1 rings (SSSR count). The van der Waals surface area contributed by atoms with Gasteiger partial charge in [0.15, 0.2) is 4.76 Å². The van der Waals surface area contributed by atoms with E-state index in [1.165, 1.54) is 0 Å². The maximum absolute atomic E-state index is 10.2. The predicted octanol–water partition coefficient (Wildman–Crippen LogP) is -1.13. The Bertz CT molecular complexity index is 207. The number of aliphatic hydroxyl groups excluding tert-OH is 2. The van der Waals surface area contributed by atoms with Gasteiger partial charge in [0, 0.05) is 4.91 Å². The minimum atomic E-state index is -1.59. The molecule has 1 radical (unpaired) electrons. The smallest absolute Gasteiger partial charge is 0.456 e. The highest BCUT2D eigenvalue weighted by atomic mass is 16.4. The van der Waals surface area contributed by atoms with Gasteiger partial charge in [-0.1, -0.05) is 0 Å². The molecule has 1 heterocycles. The Hall–Kier alpha value is -1.23. The second-order valence-electron chi connectivity index (χ2n) is 1.50. The second kappa shape index (κ2) is 1.63. The Kier molecular flexibility index (Phi) is 1.07. The van der Waals surface area contributed by atoms with E-state index in [4.69, 9.17) is 10.2 Å². The van der Waals surface area contributed by atoms with Gasteiger partial charge in [-0.25, -0.2) is 4.79 Å². The zero-order valence-corrected chi connectivity index (χ0v) is 4.24. The Labute approximate surface area is 49.8 Å². The van der Waals surface area contributed by atoms with Crippen molar-refractivity contribution in [1.82, 2.24) is 0 Å². The van der Waals surface area contributed by atoms with Crippen molar-refractivity contribution in [2.75, 3.05) is 0 Å². The summed E-state index contributed by atoms with van der Waals surface area (Å²) in [5.74, 6) is -1.97. The monoisotopic (exact) mass is 129 g/mol. The van der Waals surface area contributed by atoms with E-state index in [0.717, 1.165) is 0 Å². The van der Waals surface area contributed by atoms with E-state index in [2.05, 4.69) is 0 Å². The maximum atomic E-state index is 10.2. The fourth-order valence-corrected chi connectivity index (χ4v) is 0.458. The van der Waals surface area contributed by atoms with Crippen molar-refractivity contribution in [3.8, 4) is 0 Å². The van der Waals surface area contributed by atoms with E-state index in [-0.39, 0.29) is 4.76 Å². The zero-order chi connectivity index (χ0) is 7.02. The molecule has 0 aliphatic carbocycles. The van der Waals surface area contributed by atoms with Crippen molar-refractivity contribution in [2.24, 2.45) is 0 Å². The quantitative estimate of drug-likeness (QED) is 0.405. The molecule has 0 saturated heterocycles. The summed E-state index contributed by atoms with van der Waals surface area (Å²) >= 11 is 0. The Morgan fingerprint density at radius 1 is 1.67 bits per heavy atom. The molecular formula is C4H3NO4+. The maximum Gasteiger partial charge on any atom is 0.476 e. The van der Waals surface area contributed by atoms with Gasteiger partial charge in [0.2, 0.25) is 6.10 Å². The molecule has 0 spiro atoms. The molecule has 1 aliphatic rings. The number of amides is 1. The summed E-state index contributed by atoms with van der Waals surface area (Å²) in [5.41, 5.74) is 0. The van der Waals surface area contributed by atoms with Crippen LogP contribution in [0.2, 0.25) is 0 Å². The number of nitrogens with zero attached hydrogens (tertiary/aromatic N) is 1. The second-order valence-corrected chi connectivity index (χ2v) is 1.50. The summed E-state index contributed by atoms with van der Waals surface area (Å²) in [6.45, 7) is 0. The van der Waals surface area contributed by atoms with Crippen molar-refractivity contribution in [3.05, 3.63) is 16.9 Å². The first kappa shape index (κ1) is 5.90. The van der Waals surface area contributed by atoms with Gasteiger partial charge in [0.1, 0.15) is 6.08 Å². The molecule has 5 heteroatoms. The van der Waals surface area contributed by atoms with Gasteiger partial charge < -0.3 is 10.2 Å². The molecule has 0 aromatic carbocycles. The number of aliphatic hydroxyl groups is 2. The lowest BCUT2D eigenvalue weighted by Gasteiger charge is -1.78. The summed E-state index contributed by atoms with van der Waals surface area (Å²) in [4.78, 5) is 20.4. The molecule has 1 atom stereocenters. The van der Waals surface area contributed by atoms with Crippen LogP contribution in [0.15, 0.2) is 5.88 Å². The molecule has 1 amide bonds. The minimum absolute atomic E-state index is 0.315. The third kappa shape index (κ3) is 0.706. The van der Waals surface area contributed by atoms with Crippen LogP contribution in [0.25, 0.3) is 0 Å². The fourth-order valence-electron chi connectivity index (χ4n) is 0.458. The summed E-state index contributed by atoms with van der Waals surface area (Å²) in [5, 5.41) is 16.8. The first-order valence-electron chi connectivity index (χ1n) is 2.14. The van der Waals surface area contributed by atoms with Crippen molar-refractivity contribution >= 4 is 5.91 Å². The number of nitroso groups, excluding NO2 is 1. The van der Waals surface area contributed by atoms with Gasteiger partial charge in [0.25, 0.3) is 0 Å². The average molecular weight is 129 g/mol. The number of hydrogen-bond acceptors (Lipinski definition) is 4. The van der Waals surface area contributed by atoms with Crippen LogP contribution in [0, 0.1) is 11.0 Å². The molecule has 0 aromatic rings. The van der Waals surface area contributed by atoms with Crippen LogP contribution in [-0.2, 0) is 4.79 Å². The number of carbonyl (C=O) groups excluding carboxylic acids is 1. The highest BCUT2D eigenvalue weighted by molar-refractivity contribution is 5.76. The number of carbonyl (C=O) groups is 1. The van der Waals surface area contributed by atoms with Crippen LogP contribution in [0.1, 0.15) is 0 Å². The molecule has 0 fully saturated rings. The number of rotatable bonds is 0. The summed E-state index contributed by atoms with van der Waals surface area (Å²) in [6, 6.07) is 0. The van der Waals surface area contributed by atoms with E-state index in [1.807, 2.05) is 6.08 Å². The Morgan fingerprint density at radius 3 is 2.33 bits per heavy atom. The van der Waals surface area contributed by atoms with Gasteiger partial charge >= 0.3 is 11.8 Å². The molecule has 0 bridgehead atoms. The van der Waals surface area contributed by atoms with E-state index in [0.29, 0.717) is 0 Å². The average Bonchev–Trinajstić information content (AvgIpc) is 1.98.